The van der Waals surface area contributed by atoms with Crippen molar-refractivity contribution in [1.29, 1.82) is 0 Å². The molecule has 2 aromatic rings. The van der Waals surface area contributed by atoms with Gasteiger partial charge >= 0.3 is 12.3 Å². The van der Waals surface area contributed by atoms with E-state index >= 15 is 0 Å². The highest BCUT2D eigenvalue weighted by Gasteiger charge is 2.30. The standard InChI is InChI=1S/C18H19BrF3NO2S/c1-17(2,3)25-16(24)23-9-5-8-14-12(10-18(20,21)22)11-6-4-7-13(19)15(11)26-14/h4-8H,9-10H2,1-3H3,(H,23,24)/b8-5+. The molecule has 0 aliphatic carbocycles. The van der Waals surface area contributed by atoms with Crippen LogP contribution in [0.2, 0.25) is 0 Å². The van der Waals surface area contributed by atoms with Crippen LogP contribution in [0.4, 0.5) is 18.0 Å². The third-order valence-corrected chi connectivity index (χ3v) is 5.38. The predicted molar refractivity (Wildman–Crippen MR) is 103 cm³/mol. The van der Waals surface area contributed by atoms with Crippen molar-refractivity contribution in [3.63, 3.8) is 0 Å². The molecule has 26 heavy (non-hydrogen) atoms. The minimum absolute atomic E-state index is 0.162. The van der Waals surface area contributed by atoms with Gasteiger partial charge in [-0.3, -0.25) is 0 Å². The lowest BCUT2D eigenvalue weighted by atomic mass is 10.1. The number of rotatable bonds is 4. The molecule has 1 aromatic carbocycles. The van der Waals surface area contributed by atoms with Gasteiger partial charge < -0.3 is 10.1 Å². The van der Waals surface area contributed by atoms with Gasteiger partial charge in [0, 0.05) is 20.6 Å². The van der Waals surface area contributed by atoms with Gasteiger partial charge in [-0.2, -0.15) is 13.2 Å². The second-order valence-electron chi connectivity index (χ2n) is 6.64. The summed E-state index contributed by atoms with van der Waals surface area (Å²) in [5.41, 5.74) is -0.363. The van der Waals surface area contributed by atoms with E-state index in [0.717, 1.165) is 9.17 Å². The maximum absolute atomic E-state index is 13.0. The van der Waals surface area contributed by atoms with E-state index in [1.807, 2.05) is 0 Å². The number of hydrogen-bond donors (Lipinski definition) is 1. The number of halogens is 4. The number of alkyl carbamates (subject to hydrolysis) is 1. The normalized spacial score (nSPS) is 12.7. The molecule has 1 aromatic heterocycles. The lowest BCUT2D eigenvalue weighted by molar-refractivity contribution is -0.126. The Morgan fingerprint density at radius 3 is 2.62 bits per heavy atom. The molecule has 8 heteroatoms. The van der Waals surface area contributed by atoms with Gasteiger partial charge in [0.05, 0.1) is 6.42 Å². The first-order valence-electron chi connectivity index (χ1n) is 7.86. The molecule has 0 saturated heterocycles. The van der Waals surface area contributed by atoms with E-state index < -0.39 is 24.3 Å². The van der Waals surface area contributed by atoms with Crippen LogP contribution in [0.15, 0.2) is 28.7 Å². The fraction of sp³-hybridized carbons (Fsp3) is 0.389. The molecule has 1 heterocycles. The van der Waals surface area contributed by atoms with Crippen LogP contribution < -0.4 is 5.32 Å². The van der Waals surface area contributed by atoms with Crippen molar-refractivity contribution >= 4 is 49.5 Å². The van der Waals surface area contributed by atoms with Crippen LogP contribution >= 0.6 is 27.3 Å². The maximum atomic E-state index is 13.0. The van der Waals surface area contributed by atoms with Gasteiger partial charge in [-0.15, -0.1) is 11.3 Å². The monoisotopic (exact) mass is 449 g/mol. The molecule has 142 valence electrons. The van der Waals surface area contributed by atoms with E-state index in [1.54, 1.807) is 51.1 Å². The number of fused-ring (bicyclic) bond motifs is 1. The number of carbonyl (C=O) groups excluding carboxylic acids is 1. The topological polar surface area (TPSA) is 38.3 Å². The van der Waals surface area contributed by atoms with Gasteiger partial charge in [-0.1, -0.05) is 18.2 Å². The van der Waals surface area contributed by atoms with Gasteiger partial charge in [0.25, 0.3) is 0 Å². The summed E-state index contributed by atoms with van der Waals surface area (Å²) in [7, 11) is 0. The van der Waals surface area contributed by atoms with Crippen molar-refractivity contribution in [2.24, 2.45) is 0 Å². The molecule has 2 rings (SSSR count). The summed E-state index contributed by atoms with van der Waals surface area (Å²) in [4.78, 5) is 12.1. The number of nitrogens with one attached hydrogen (secondary N) is 1. The molecule has 0 fully saturated rings. The minimum Gasteiger partial charge on any atom is -0.444 e. The van der Waals surface area contributed by atoms with E-state index in [1.165, 1.54) is 11.3 Å². The van der Waals surface area contributed by atoms with Crippen LogP contribution in [0.25, 0.3) is 16.2 Å². The van der Waals surface area contributed by atoms with Crippen LogP contribution in [0.5, 0.6) is 0 Å². The Morgan fingerprint density at radius 1 is 1.31 bits per heavy atom. The number of carbonyl (C=O) groups is 1. The molecule has 0 bridgehead atoms. The molecule has 1 amide bonds. The second kappa shape index (κ2) is 8.00. The van der Waals surface area contributed by atoms with Crippen molar-refractivity contribution < 1.29 is 22.7 Å². The Kier molecular flexibility index (Phi) is 6.39. The smallest absolute Gasteiger partial charge is 0.407 e. The molecule has 3 nitrogen and oxygen atoms in total. The van der Waals surface area contributed by atoms with Crippen LogP contribution in [0, 0.1) is 0 Å². The molecule has 0 aliphatic rings. The summed E-state index contributed by atoms with van der Waals surface area (Å²) in [6.07, 6.45) is -2.65. The Balaban J connectivity index is 2.19. The number of ether oxygens (including phenoxy) is 1. The fourth-order valence-electron chi connectivity index (χ4n) is 2.29. The summed E-state index contributed by atoms with van der Waals surface area (Å²) in [6.45, 7) is 5.42. The quantitative estimate of drug-likeness (QED) is 0.593. The zero-order chi connectivity index (χ0) is 19.5. The summed E-state index contributed by atoms with van der Waals surface area (Å²) >= 11 is 4.67. The van der Waals surface area contributed by atoms with Gasteiger partial charge in [0.1, 0.15) is 5.60 Å². The van der Waals surface area contributed by atoms with E-state index in [4.69, 9.17) is 4.74 Å². The maximum Gasteiger partial charge on any atom is 0.407 e. The van der Waals surface area contributed by atoms with Crippen molar-refractivity contribution in [1.82, 2.24) is 5.32 Å². The lowest BCUT2D eigenvalue weighted by Crippen LogP contribution is -2.32. The number of hydrogen-bond acceptors (Lipinski definition) is 3. The fourth-order valence-corrected chi connectivity index (χ4v) is 4.06. The molecule has 0 saturated carbocycles. The molecule has 0 unspecified atom stereocenters. The van der Waals surface area contributed by atoms with Crippen LogP contribution in [-0.2, 0) is 11.2 Å². The zero-order valence-corrected chi connectivity index (χ0v) is 16.9. The van der Waals surface area contributed by atoms with Crippen LogP contribution in [-0.4, -0.2) is 24.4 Å². The van der Waals surface area contributed by atoms with E-state index in [0.29, 0.717) is 10.3 Å². The first kappa shape index (κ1) is 20.8. The minimum atomic E-state index is -4.30. The summed E-state index contributed by atoms with van der Waals surface area (Å²) in [5, 5.41) is 3.13. The number of amides is 1. The molecule has 0 atom stereocenters. The van der Waals surface area contributed by atoms with Crippen molar-refractivity contribution in [2.75, 3.05) is 6.54 Å². The predicted octanol–water partition coefficient (Wildman–Crippen LogP) is 6.31. The molecular weight excluding hydrogens is 431 g/mol. The van der Waals surface area contributed by atoms with Crippen molar-refractivity contribution in [2.45, 2.75) is 39.0 Å². The third kappa shape index (κ3) is 6.02. The van der Waals surface area contributed by atoms with Gasteiger partial charge in [0.15, 0.2) is 0 Å². The average molecular weight is 450 g/mol. The summed E-state index contributed by atoms with van der Waals surface area (Å²) in [5.74, 6) is 0. The van der Waals surface area contributed by atoms with Gasteiger partial charge in [0.2, 0.25) is 0 Å². The van der Waals surface area contributed by atoms with E-state index in [9.17, 15) is 18.0 Å². The Hall–Kier alpha value is -1.54. The summed E-state index contributed by atoms with van der Waals surface area (Å²) in [6, 6.07) is 5.21. The highest BCUT2D eigenvalue weighted by Crippen LogP contribution is 2.39. The Bertz CT molecular complexity index is 822. The third-order valence-electron chi connectivity index (χ3n) is 3.21. The lowest BCUT2D eigenvalue weighted by Gasteiger charge is -2.19. The Morgan fingerprint density at radius 2 is 2.00 bits per heavy atom. The molecule has 0 radical (unpaired) electrons. The highest BCUT2D eigenvalue weighted by atomic mass is 79.9. The zero-order valence-electron chi connectivity index (χ0n) is 14.5. The van der Waals surface area contributed by atoms with Crippen molar-refractivity contribution in [3.05, 3.63) is 39.2 Å². The van der Waals surface area contributed by atoms with Gasteiger partial charge in [-0.05, 0) is 59.8 Å². The first-order chi connectivity index (χ1) is 12.0. The van der Waals surface area contributed by atoms with Gasteiger partial charge in [-0.25, -0.2) is 4.79 Å². The largest absolute Gasteiger partial charge is 0.444 e. The van der Waals surface area contributed by atoms with Crippen LogP contribution in [0.1, 0.15) is 31.2 Å². The Labute approximate surface area is 162 Å². The highest BCUT2D eigenvalue weighted by molar-refractivity contribution is 9.10. The number of alkyl halides is 3. The summed E-state index contributed by atoms with van der Waals surface area (Å²) < 4.78 is 45.6. The molecule has 0 aliphatic heterocycles. The van der Waals surface area contributed by atoms with E-state index in [2.05, 4.69) is 21.2 Å². The second-order valence-corrected chi connectivity index (χ2v) is 8.55. The van der Waals surface area contributed by atoms with Crippen molar-refractivity contribution in [3.8, 4) is 0 Å². The number of thiophene rings is 1. The molecule has 1 N–H and O–H groups in total. The molecule has 0 spiro atoms. The first-order valence-corrected chi connectivity index (χ1v) is 9.47. The number of benzene rings is 1. The van der Waals surface area contributed by atoms with E-state index in [-0.39, 0.29) is 12.1 Å². The average Bonchev–Trinajstić information content (AvgIpc) is 2.80. The van der Waals surface area contributed by atoms with Crippen LogP contribution in [0.3, 0.4) is 0 Å². The molecular formula is C18H19BrF3NO2S. The SMILES string of the molecule is CC(C)(C)OC(=O)NC/C=C/c1sc2c(Br)cccc2c1CC(F)(F)F.